The molecule has 0 saturated heterocycles. The third kappa shape index (κ3) is 1.66. The zero-order valence-electron chi connectivity index (χ0n) is 16.3. The van der Waals surface area contributed by atoms with E-state index in [9.17, 15) is 19.2 Å². The molecule has 8 heteroatoms. The highest BCUT2D eigenvalue weighted by molar-refractivity contribution is 5.85. The van der Waals surface area contributed by atoms with E-state index in [0.29, 0.717) is 0 Å². The van der Waals surface area contributed by atoms with Crippen LogP contribution in [0.2, 0.25) is 0 Å². The zero-order valence-corrected chi connectivity index (χ0v) is 16.3. The molecule has 10 atom stereocenters. The van der Waals surface area contributed by atoms with Gasteiger partial charge in [-0.3, -0.25) is 19.2 Å². The van der Waals surface area contributed by atoms with Gasteiger partial charge in [0.05, 0.1) is 39.3 Å². The first-order valence-corrected chi connectivity index (χ1v) is 9.72. The summed E-state index contributed by atoms with van der Waals surface area (Å²) in [4.78, 5) is 48.4. The molecule has 8 nitrogen and oxygen atoms in total. The number of fused-ring (bicyclic) bond motifs is 1. The van der Waals surface area contributed by atoms with Crippen molar-refractivity contribution in [3.8, 4) is 0 Å². The molecule has 0 aromatic rings. The normalized spacial score (nSPS) is 49.9. The molecule has 6 fully saturated rings. The number of carbonyl (C=O) groups is 4. The molecule has 28 heavy (non-hydrogen) atoms. The summed E-state index contributed by atoms with van der Waals surface area (Å²) in [6, 6.07) is 0. The molecule has 0 heterocycles. The summed E-state index contributed by atoms with van der Waals surface area (Å²) < 4.78 is 21.0. The van der Waals surface area contributed by atoms with Crippen LogP contribution in [0.3, 0.4) is 0 Å². The Morgan fingerprint density at radius 3 is 1.25 bits per heavy atom. The molecule has 152 valence electrons. The lowest BCUT2D eigenvalue weighted by molar-refractivity contribution is -0.171. The second-order valence-electron chi connectivity index (χ2n) is 9.00. The van der Waals surface area contributed by atoms with Gasteiger partial charge in [-0.2, -0.15) is 0 Å². The van der Waals surface area contributed by atoms with E-state index < -0.39 is 11.8 Å². The molecule has 0 radical (unpaired) electrons. The topological polar surface area (TPSA) is 105 Å². The van der Waals surface area contributed by atoms with Crippen LogP contribution in [0.25, 0.3) is 0 Å². The van der Waals surface area contributed by atoms with Gasteiger partial charge >= 0.3 is 23.9 Å². The van der Waals surface area contributed by atoms with Crippen molar-refractivity contribution < 1.29 is 38.1 Å². The SMILES string of the molecule is COC(=O)[C@@H]1C2[C@@H]3[C@H]4C([C@@H]5[C@H]2C5(COC(C)=O)C43COC(C)=O)[C@@H]1C(=O)OC. The third-order valence-corrected chi connectivity index (χ3v) is 8.65. The molecule has 6 rings (SSSR count). The molecule has 6 aliphatic rings. The lowest BCUT2D eigenvalue weighted by atomic mass is 9.58. The van der Waals surface area contributed by atoms with E-state index in [1.807, 2.05) is 0 Å². The second kappa shape index (κ2) is 5.27. The van der Waals surface area contributed by atoms with Gasteiger partial charge in [-0.1, -0.05) is 0 Å². The lowest BCUT2D eigenvalue weighted by Gasteiger charge is -2.44. The highest BCUT2D eigenvalue weighted by Gasteiger charge is 3.05. The van der Waals surface area contributed by atoms with Crippen molar-refractivity contribution in [2.24, 2.45) is 58.2 Å². The molecule has 2 bridgehead atoms. The van der Waals surface area contributed by atoms with E-state index in [0.717, 1.165) is 0 Å². The van der Waals surface area contributed by atoms with Crippen molar-refractivity contribution >= 4 is 23.9 Å². The molecule has 0 aliphatic heterocycles. The van der Waals surface area contributed by atoms with Crippen LogP contribution in [0.4, 0.5) is 0 Å². The van der Waals surface area contributed by atoms with Crippen LogP contribution in [0.5, 0.6) is 0 Å². The summed E-state index contributed by atoms with van der Waals surface area (Å²) in [6.45, 7) is 3.25. The Morgan fingerprint density at radius 2 is 1.00 bits per heavy atom. The average molecular weight is 392 g/mol. The number of rotatable bonds is 6. The van der Waals surface area contributed by atoms with E-state index in [-0.39, 0.29) is 83.4 Å². The minimum absolute atomic E-state index is 0.0253. The van der Waals surface area contributed by atoms with Gasteiger partial charge in [0.25, 0.3) is 0 Å². The number of methoxy groups -OCH3 is 2. The van der Waals surface area contributed by atoms with Gasteiger partial charge < -0.3 is 18.9 Å². The van der Waals surface area contributed by atoms with E-state index >= 15 is 0 Å². The van der Waals surface area contributed by atoms with Gasteiger partial charge in [0.15, 0.2) is 0 Å². The molecule has 0 spiro atoms. The molecular weight excluding hydrogens is 368 g/mol. The predicted octanol–water partition coefficient (Wildman–Crippen LogP) is 0.429. The van der Waals surface area contributed by atoms with E-state index in [1.54, 1.807) is 0 Å². The Bertz CT molecular complexity index is 716. The Morgan fingerprint density at radius 1 is 0.679 bits per heavy atom. The van der Waals surface area contributed by atoms with E-state index in [1.165, 1.54) is 28.1 Å². The Hall–Kier alpha value is -2.12. The van der Waals surface area contributed by atoms with Crippen molar-refractivity contribution in [3.05, 3.63) is 0 Å². The number of carbonyl (C=O) groups excluding carboxylic acids is 4. The maximum atomic E-state index is 12.7. The van der Waals surface area contributed by atoms with Crippen molar-refractivity contribution in [2.75, 3.05) is 27.4 Å². The molecule has 6 aliphatic carbocycles. The fourth-order valence-corrected chi connectivity index (χ4v) is 8.37. The van der Waals surface area contributed by atoms with Crippen LogP contribution >= 0.6 is 0 Å². The van der Waals surface area contributed by atoms with Crippen LogP contribution in [-0.4, -0.2) is 51.3 Å². The van der Waals surface area contributed by atoms with E-state index in [4.69, 9.17) is 18.9 Å². The third-order valence-electron chi connectivity index (χ3n) is 8.65. The molecule has 0 N–H and O–H groups in total. The number of esters is 4. The summed E-state index contributed by atoms with van der Waals surface area (Å²) in [6.07, 6.45) is 0. The molecule has 4 unspecified atom stereocenters. The van der Waals surface area contributed by atoms with E-state index in [2.05, 4.69) is 0 Å². The quantitative estimate of drug-likeness (QED) is 0.473. The average Bonchev–Trinajstić information content (AvgIpc) is 3.51. The van der Waals surface area contributed by atoms with Crippen molar-refractivity contribution in [3.63, 3.8) is 0 Å². The summed E-state index contributed by atoms with van der Waals surface area (Å²) in [5.41, 5.74) is -0.623. The Balaban J connectivity index is 1.57. The number of hydrogen-bond donors (Lipinski definition) is 0. The van der Waals surface area contributed by atoms with Gasteiger partial charge in [0, 0.05) is 24.7 Å². The fraction of sp³-hybridized carbons (Fsp3) is 0.800. The van der Waals surface area contributed by atoms with Gasteiger partial charge in [0.1, 0.15) is 0 Å². The summed E-state index contributed by atoms with van der Waals surface area (Å²) in [5, 5.41) is 0. The largest absolute Gasteiger partial charge is 0.469 e. The number of ether oxygens (including phenoxy) is 4. The minimum atomic E-state index is -0.550. The molecule has 0 amide bonds. The van der Waals surface area contributed by atoms with Crippen LogP contribution in [0.15, 0.2) is 0 Å². The molecule has 0 aromatic heterocycles. The molecule has 0 aromatic carbocycles. The first kappa shape index (κ1) is 17.9. The maximum absolute atomic E-state index is 12.7. The fourth-order valence-electron chi connectivity index (χ4n) is 8.37. The maximum Gasteiger partial charge on any atom is 0.309 e. The van der Waals surface area contributed by atoms with Crippen molar-refractivity contribution in [2.45, 2.75) is 13.8 Å². The van der Waals surface area contributed by atoms with Crippen LogP contribution < -0.4 is 0 Å². The van der Waals surface area contributed by atoms with Gasteiger partial charge in [-0.25, -0.2) is 0 Å². The van der Waals surface area contributed by atoms with Crippen LogP contribution in [-0.2, 0) is 38.1 Å². The molecule has 6 saturated carbocycles. The lowest BCUT2D eigenvalue weighted by Crippen LogP contribution is -2.51. The predicted molar refractivity (Wildman–Crippen MR) is 90.1 cm³/mol. The smallest absolute Gasteiger partial charge is 0.309 e. The molecular formula is C20H24O8. The first-order valence-electron chi connectivity index (χ1n) is 9.72. The van der Waals surface area contributed by atoms with Gasteiger partial charge in [-0.15, -0.1) is 0 Å². The summed E-state index contributed by atoms with van der Waals surface area (Å²) >= 11 is 0. The first-order chi connectivity index (χ1) is 13.3. The Kier molecular flexibility index (Phi) is 3.38. The highest BCUT2D eigenvalue weighted by Crippen LogP contribution is 3.03. The van der Waals surface area contributed by atoms with Crippen molar-refractivity contribution in [1.82, 2.24) is 0 Å². The Labute approximate surface area is 162 Å². The second-order valence-corrected chi connectivity index (χ2v) is 9.00. The number of hydrogen-bond acceptors (Lipinski definition) is 8. The van der Waals surface area contributed by atoms with Gasteiger partial charge in [-0.05, 0) is 35.5 Å². The highest BCUT2D eigenvalue weighted by atomic mass is 16.5. The zero-order chi connectivity index (χ0) is 20.2. The van der Waals surface area contributed by atoms with Gasteiger partial charge in [0.2, 0.25) is 0 Å². The van der Waals surface area contributed by atoms with Crippen LogP contribution in [0, 0.1) is 58.2 Å². The monoisotopic (exact) mass is 392 g/mol. The van der Waals surface area contributed by atoms with Crippen molar-refractivity contribution in [1.29, 1.82) is 0 Å². The van der Waals surface area contributed by atoms with Crippen LogP contribution in [0.1, 0.15) is 13.8 Å². The summed E-state index contributed by atoms with van der Waals surface area (Å²) in [5.74, 6) is -1.88. The standard InChI is InChI=1S/C20H24O8/c1-7(21)27-5-19-13-11-9(17(23)25-3)10(18(24)26-4)12(14(13)19)16-15(11)20(16,19)6-28-8(2)22/h9-16H,5-6H2,1-4H3/t9-,10+,11?,12?,13-,14-,15-,16+,19?,20?/m1/s1. The minimum Gasteiger partial charge on any atom is -0.469 e. The summed E-state index contributed by atoms with van der Waals surface area (Å²) in [7, 11) is 2.67.